The van der Waals surface area contributed by atoms with Gasteiger partial charge in [-0.1, -0.05) is 36.4 Å². The lowest BCUT2D eigenvalue weighted by Gasteiger charge is -2.06. The lowest BCUT2D eigenvalue weighted by Crippen LogP contribution is -1.95. The van der Waals surface area contributed by atoms with Crippen LogP contribution in [0.25, 0.3) is 0 Å². The fraction of sp³-hybridized carbons (Fsp3) is 0.0769. The Morgan fingerprint density at radius 3 is 2.38 bits per heavy atom. The van der Waals surface area contributed by atoms with E-state index in [0.29, 0.717) is 6.61 Å². The molecule has 2 rings (SSSR count). The molecule has 2 N–H and O–H groups in total. The Kier molecular flexibility index (Phi) is 4.67. The standard InChI is InChI=1S/C13H13NO.ClH/c14-12-7-4-8-13(9-12)15-10-11-5-2-1-3-6-11;/h1-9H,10,14H2;1H. The van der Waals surface area contributed by atoms with Crippen molar-refractivity contribution in [1.29, 1.82) is 0 Å². The minimum Gasteiger partial charge on any atom is -0.489 e. The molecule has 0 amide bonds. The fourth-order valence-electron chi connectivity index (χ4n) is 1.35. The van der Waals surface area contributed by atoms with Crippen LogP contribution in [0, 0.1) is 0 Å². The van der Waals surface area contributed by atoms with E-state index in [1.165, 1.54) is 0 Å². The Balaban J connectivity index is 0.00000128. The molecule has 0 saturated heterocycles. The highest BCUT2D eigenvalue weighted by atomic mass is 35.5. The zero-order valence-corrected chi connectivity index (χ0v) is 9.61. The molecule has 0 saturated carbocycles. The molecular formula is C13H14ClNO. The van der Waals surface area contributed by atoms with Gasteiger partial charge in [0.1, 0.15) is 12.4 Å². The molecule has 2 aromatic rings. The highest BCUT2D eigenvalue weighted by Crippen LogP contribution is 2.15. The maximum Gasteiger partial charge on any atom is 0.121 e. The summed E-state index contributed by atoms with van der Waals surface area (Å²) in [5, 5.41) is 0. The van der Waals surface area contributed by atoms with Crippen LogP contribution in [0.1, 0.15) is 5.56 Å². The quantitative estimate of drug-likeness (QED) is 0.829. The Morgan fingerprint density at radius 2 is 1.69 bits per heavy atom. The van der Waals surface area contributed by atoms with Crippen LogP contribution >= 0.6 is 12.4 Å². The maximum atomic E-state index is 5.65. The van der Waals surface area contributed by atoms with E-state index in [1.54, 1.807) is 0 Å². The van der Waals surface area contributed by atoms with E-state index in [4.69, 9.17) is 10.5 Å². The van der Waals surface area contributed by atoms with Crippen LogP contribution in [0.4, 0.5) is 5.69 Å². The minimum atomic E-state index is 0. The van der Waals surface area contributed by atoms with E-state index in [9.17, 15) is 0 Å². The third-order valence-electron chi connectivity index (χ3n) is 2.11. The molecule has 0 heterocycles. The molecule has 16 heavy (non-hydrogen) atoms. The van der Waals surface area contributed by atoms with Gasteiger partial charge in [0.05, 0.1) is 0 Å². The van der Waals surface area contributed by atoms with Crippen molar-refractivity contribution in [2.24, 2.45) is 0 Å². The average Bonchev–Trinajstić information content (AvgIpc) is 2.28. The summed E-state index contributed by atoms with van der Waals surface area (Å²) >= 11 is 0. The molecule has 3 heteroatoms. The van der Waals surface area contributed by atoms with Gasteiger partial charge in [0.15, 0.2) is 0 Å². The lowest BCUT2D eigenvalue weighted by molar-refractivity contribution is 0.306. The van der Waals surface area contributed by atoms with E-state index >= 15 is 0 Å². The smallest absolute Gasteiger partial charge is 0.121 e. The van der Waals surface area contributed by atoms with Crippen molar-refractivity contribution in [2.45, 2.75) is 6.61 Å². The van der Waals surface area contributed by atoms with Gasteiger partial charge in [-0.2, -0.15) is 0 Å². The van der Waals surface area contributed by atoms with E-state index in [2.05, 4.69) is 0 Å². The molecule has 0 unspecified atom stereocenters. The van der Waals surface area contributed by atoms with Crippen molar-refractivity contribution in [2.75, 3.05) is 5.73 Å². The highest BCUT2D eigenvalue weighted by Gasteiger charge is 1.95. The normalized spacial score (nSPS) is 9.25. The zero-order chi connectivity index (χ0) is 10.5. The third kappa shape index (κ3) is 3.48. The van der Waals surface area contributed by atoms with Gasteiger partial charge in [-0.3, -0.25) is 0 Å². The third-order valence-corrected chi connectivity index (χ3v) is 2.11. The van der Waals surface area contributed by atoms with Gasteiger partial charge in [0.25, 0.3) is 0 Å². The van der Waals surface area contributed by atoms with Gasteiger partial charge in [-0.25, -0.2) is 0 Å². The molecule has 2 aromatic carbocycles. The number of nitrogens with two attached hydrogens (primary N) is 1. The van der Waals surface area contributed by atoms with Gasteiger partial charge >= 0.3 is 0 Å². The Bertz CT molecular complexity index is 431. The summed E-state index contributed by atoms with van der Waals surface area (Å²) in [7, 11) is 0. The molecule has 0 atom stereocenters. The fourth-order valence-corrected chi connectivity index (χ4v) is 1.35. The predicted octanol–water partition coefficient (Wildman–Crippen LogP) is 3.27. The molecular weight excluding hydrogens is 222 g/mol. The molecule has 0 radical (unpaired) electrons. The number of ether oxygens (including phenoxy) is 1. The second-order valence-corrected chi connectivity index (χ2v) is 3.35. The molecule has 0 aromatic heterocycles. The number of hydrogen-bond donors (Lipinski definition) is 1. The molecule has 0 aliphatic heterocycles. The number of anilines is 1. The maximum absolute atomic E-state index is 5.65. The predicted molar refractivity (Wildman–Crippen MR) is 68.9 cm³/mol. The minimum absolute atomic E-state index is 0. The zero-order valence-electron chi connectivity index (χ0n) is 8.80. The molecule has 0 aliphatic rings. The first-order valence-corrected chi connectivity index (χ1v) is 4.87. The van der Waals surface area contributed by atoms with Crippen LogP contribution in [-0.4, -0.2) is 0 Å². The summed E-state index contributed by atoms with van der Waals surface area (Å²) in [6, 6.07) is 17.5. The molecule has 0 bridgehead atoms. The molecule has 2 nitrogen and oxygen atoms in total. The Labute approximate surface area is 101 Å². The average molecular weight is 236 g/mol. The summed E-state index contributed by atoms with van der Waals surface area (Å²) in [4.78, 5) is 0. The number of rotatable bonds is 3. The van der Waals surface area contributed by atoms with Gasteiger partial charge in [-0.15, -0.1) is 12.4 Å². The van der Waals surface area contributed by atoms with Gasteiger partial charge in [0, 0.05) is 11.8 Å². The van der Waals surface area contributed by atoms with Crippen LogP contribution in [0.3, 0.4) is 0 Å². The molecule has 0 spiro atoms. The number of halogens is 1. The highest BCUT2D eigenvalue weighted by molar-refractivity contribution is 5.85. The van der Waals surface area contributed by atoms with Crippen molar-refractivity contribution in [1.82, 2.24) is 0 Å². The van der Waals surface area contributed by atoms with Crippen LogP contribution in [0.2, 0.25) is 0 Å². The lowest BCUT2D eigenvalue weighted by atomic mass is 10.2. The summed E-state index contributed by atoms with van der Waals surface area (Å²) in [5.41, 5.74) is 7.52. The van der Waals surface area contributed by atoms with Crippen LogP contribution in [0.5, 0.6) is 5.75 Å². The summed E-state index contributed by atoms with van der Waals surface area (Å²) in [6.45, 7) is 0.574. The molecule has 84 valence electrons. The summed E-state index contributed by atoms with van der Waals surface area (Å²) in [5.74, 6) is 0.804. The SMILES string of the molecule is Cl.Nc1cccc(OCc2ccccc2)c1. The van der Waals surface area contributed by atoms with Crippen molar-refractivity contribution < 1.29 is 4.74 Å². The van der Waals surface area contributed by atoms with E-state index in [1.807, 2.05) is 54.6 Å². The van der Waals surface area contributed by atoms with Crippen molar-refractivity contribution in [3.05, 3.63) is 60.2 Å². The van der Waals surface area contributed by atoms with Crippen molar-refractivity contribution in [3.63, 3.8) is 0 Å². The van der Waals surface area contributed by atoms with Crippen LogP contribution in [-0.2, 0) is 6.61 Å². The monoisotopic (exact) mass is 235 g/mol. The van der Waals surface area contributed by atoms with Crippen LogP contribution < -0.4 is 10.5 Å². The second kappa shape index (κ2) is 6.03. The summed E-state index contributed by atoms with van der Waals surface area (Å²) in [6.07, 6.45) is 0. The first-order valence-electron chi connectivity index (χ1n) is 4.87. The molecule has 0 aliphatic carbocycles. The Hall–Kier alpha value is -1.67. The van der Waals surface area contributed by atoms with Gasteiger partial charge in [-0.05, 0) is 17.7 Å². The largest absolute Gasteiger partial charge is 0.489 e. The van der Waals surface area contributed by atoms with Crippen LogP contribution in [0.15, 0.2) is 54.6 Å². The first kappa shape index (κ1) is 12.4. The Morgan fingerprint density at radius 1 is 0.938 bits per heavy atom. The topological polar surface area (TPSA) is 35.2 Å². The van der Waals surface area contributed by atoms with Gasteiger partial charge < -0.3 is 10.5 Å². The van der Waals surface area contributed by atoms with Crippen molar-refractivity contribution >= 4 is 18.1 Å². The van der Waals surface area contributed by atoms with Gasteiger partial charge in [0.2, 0.25) is 0 Å². The first-order chi connectivity index (χ1) is 7.34. The van der Waals surface area contributed by atoms with Crippen molar-refractivity contribution in [3.8, 4) is 5.75 Å². The van der Waals surface area contributed by atoms with E-state index in [-0.39, 0.29) is 12.4 Å². The van der Waals surface area contributed by atoms with E-state index < -0.39 is 0 Å². The molecule has 0 fully saturated rings. The second-order valence-electron chi connectivity index (χ2n) is 3.35. The number of nitrogen functional groups attached to an aromatic ring is 1. The van der Waals surface area contributed by atoms with E-state index in [0.717, 1.165) is 17.0 Å². The number of benzene rings is 2. The summed E-state index contributed by atoms with van der Waals surface area (Å²) < 4.78 is 5.59. The number of hydrogen-bond acceptors (Lipinski definition) is 2.